The molecule has 1 atom stereocenters. The maximum atomic E-state index is 5.67. The molecule has 1 fully saturated rings. The Hall–Kier alpha value is -0.980. The second kappa shape index (κ2) is 5.57. The first-order valence-corrected chi connectivity index (χ1v) is 6.04. The monoisotopic (exact) mass is 239 g/mol. The number of morpholine rings is 1. The molecule has 0 bridgehead atoms. The number of hydrogen-bond acceptors (Lipinski definition) is 5. The van der Waals surface area contributed by atoms with E-state index in [1.807, 2.05) is 25.6 Å². The molecule has 6 heteroatoms. The van der Waals surface area contributed by atoms with E-state index in [1.54, 1.807) is 0 Å². The molecule has 2 heterocycles. The van der Waals surface area contributed by atoms with Crippen LogP contribution in [-0.4, -0.2) is 59.1 Å². The molecule has 1 saturated heterocycles. The summed E-state index contributed by atoms with van der Waals surface area (Å²) in [4.78, 5) is 2.37. The SMILES string of the molecule is CNCC1CN(Cc2nnc(C)n2C)CCO1. The van der Waals surface area contributed by atoms with Crippen LogP contribution in [0.1, 0.15) is 11.6 Å². The Balaban J connectivity index is 1.92. The van der Waals surface area contributed by atoms with E-state index in [2.05, 4.69) is 20.4 Å². The number of nitrogens with one attached hydrogen (secondary N) is 1. The zero-order chi connectivity index (χ0) is 12.3. The quantitative estimate of drug-likeness (QED) is 0.771. The van der Waals surface area contributed by atoms with Crippen LogP contribution in [0, 0.1) is 6.92 Å². The van der Waals surface area contributed by atoms with Crippen molar-refractivity contribution >= 4 is 0 Å². The van der Waals surface area contributed by atoms with Gasteiger partial charge in [-0.05, 0) is 14.0 Å². The van der Waals surface area contributed by atoms with Gasteiger partial charge in [0.15, 0.2) is 0 Å². The lowest BCUT2D eigenvalue weighted by Gasteiger charge is -2.32. The lowest BCUT2D eigenvalue weighted by molar-refractivity contribution is -0.0301. The van der Waals surface area contributed by atoms with Crippen molar-refractivity contribution in [3.63, 3.8) is 0 Å². The lowest BCUT2D eigenvalue weighted by atomic mass is 10.2. The van der Waals surface area contributed by atoms with Crippen molar-refractivity contribution in [3.05, 3.63) is 11.6 Å². The minimum Gasteiger partial charge on any atom is -0.374 e. The standard InChI is InChI=1S/C11H21N5O/c1-9-13-14-11(15(9)3)8-16-4-5-17-10(7-16)6-12-2/h10,12H,4-8H2,1-3H3. The van der Waals surface area contributed by atoms with Crippen molar-refractivity contribution in [1.82, 2.24) is 25.0 Å². The average Bonchev–Trinajstić information content (AvgIpc) is 2.62. The molecule has 1 aromatic rings. The van der Waals surface area contributed by atoms with Gasteiger partial charge >= 0.3 is 0 Å². The van der Waals surface area contributed by atoms with Crippen molar-refractivity contribution in [2.45, 2.75) is 19.6 Å². The Bertz CT molecular complexity index is 363. The molecule has 0 aromatic carbocycles. The molecule has 1 N–H and O–H groups in total. The van der Waals surface area contributed by atoms with Crippen molar-refractivity contribution in [1.29, 1.82) is 0 Å². The molecule has 0 aliphatic carbocycles. The minimum absolute atomic E-state index is 0.281. The summed E-state index contributed by atoms with van der Waals surface area (Å²) in [5.74, 6) is 1.98. The normalized spacial score (nSPS) is 21.9. The molecule has 0 amide bonds. The third kappa shape index (κ3) is 3.02. The number of aromatic nitrogens is 3. The maximum Gasteiger partial charge on any atom is 0.146 e. The van der Waals surface area contributed by atoms with Crippen molar-refractivity contribution < 1.29 is 4.74 Å². The van der Waals surface area contributed by atoms with Gasteiger partial charge in [0.1, 0.15) is 11.6 Å². The number of aryl methyl sites for hydroxylation is 1. The van der Waals surface area contributed by atoms with Crippen LogP contribution in [-0.2, 0) is 18.3 Å². The smallest absolute Gasteiger partial charge is 0.146 e. The Morgan fingerprint density at radius 2 is 2.29 bits per heavy atom. The third-order valence-corrected chi connectivity index (χ3v) is 3.20. The highest BCUT2D eigenvalue weighted by atomic mass is 16.5. The van der Waals surface area contributed by atoms with E-state index in [4.69, 9.17) is 4.74 Å². The summed E-state index contributed by atoms with van der Waals surface area (Å²) in [5, 5.41) is 11.4. The van der Waals surface area contributed by atoms with Crippen LogP contribution >= 0.6 is 0 Å². The summed E-state index contributed by atoms with van der Waals surface area (Å²) in [6.45, 7) is 6.43. The highest BCUT2D eigenvalue weighted by Crippen LogP contribution is 2.09. The molecule has 1 aliphatic heterocycles. The highest BCUT2D eigenvalue weighted by Gasteiger charge is 2.21. The fourth-order valence-corrected chi connectivity index (χ4v) is 2.06. The summed E-state index contributed by atoms with van der Waals surface area (Å²) < 4.78 is 7.72. The first-order chi connectivity index (χ1) is 8.20. The number of rotatable bonds is 4. The summed E-state index contributed by atoms with van der Waals surface area (Å²) in [7, 11) is 3.96. The van der Waals surface area contributed by atoms with Crippen molar-refractivity contribution in [3.8, 4) is 0 Å². The van der Waals surface area contributed by atoms with Crippen LogP contribution in [0.25, 0.3) is 0 Å². The van der Waals surface area contributed by atoms with E-state index in [0.717, 1.165) is 44.4 Å². The molecule has 0 radical (unpaired) electrons. The van der Waals surface area contributed by atoms with E-state index in [0.29, 0.717) is 0 Å². The van der Waals surface area contributed by atoms with Gasteiger partial charge in [0.25, 0.3) is 0 Å². The van der Waals surface area contributed by atoms with Crippen molar-refractivity contribution in [2.24, 2.45) is 7.05 Å². The van der Waals surface area contributed by atoms with Crippen LogP contribution in [0.5, 0.6) is 0 Å². The van der Waals surface area contributed by atoms with Gasteiger partial charge in [-0.25, -0.2) is 0 Å². The predicted molar refractivity (Wildman–Crippen MR) is 64.7 cm³/mol. The molecule has 1 aliphatic rings. The van der Waals surface area contributed by atoms with Crippen LogP contribution in [0.4, 0.5) is 0 Å². The zero-order valence-corrected chi connectivity index (χ0v) is 10.8. The zero-order valence-electron chi connectivity index (χ0n) is 10.8. The maximum absolute atomic E-state index is 5.67. The van der Waals surface area contributed by atoms with Crippen LogP contribution in [0.2, 0.25) is 0 Å². The molecule has 96 valence electrons. The van der Waals surface area contributed by atoms with Gasteiger partial charge in [0.2, 0.25) is 0 Å². The molecule has 0 spiro atoms. The molecule has 17 heavy (non-hydrogen) atoms. The lowest BCUT2D eigenvalue weighted by Crippen LogP contribution is -2.46. The van der Waals surface area contributed by atoms with E-state index in [9.17, 15) is 0 Å². The van der Waals surface area contributed by atoms with Gasteiger partial charge in [-0.3, -0.25) is 4.90 Å². The first-order valence-electron chi connectivity index (χ1n) is 6.04. The van der Waals surface area contributed by atoms with Gasteiger partial charge in [0, 0.05) is 26.7 Å². The molecular formula is C11H21N5O. The molecule has 0 saturated carbocycles. The summed E-state index contributed by atoms with van der Waals surface area (Å²) >= 11 is 0. The van der Waals surface area contributed by atoms with E-state index >= 15 is 0 Å². The fourth-order valence-electron chi connectivity index (χ4n) is 2.06. The average molecular weight is 239 g/mol. The van der Waals surface area contributed by atoms with Crippen molar-refractivity contribution in [2.75, 3.05) is 33.3 Å². The summed E-state index contributed by atoms with van der Waals surface area (Å²) in [6.07, 6.45) is 0.281. The molecular weight excluding hydrogens is 218 g/mol. The van der Waals surface area contributed by atoms with Crippen LogP contribution < -0.4 is 5.32 Å². The molecule has 2 rings (SSSR count). The van der Waals surface area contributed by atoms with Gasteiger partial charge in [-0.15, -0.1) is 10.2 Å². The van der Waals surface area contributed by atoms with Gasteiger partial charge in [-0.2, -0.15) is 0 Å². The van der Waals surface area contributed by atoms with E-state index < -0.39 is 0 Å². The second-order valence-electron chi connectivity index (χ2n) is 4.51. The predicted octanol–water partition coefficient (Wildman–Crippen LogP) is -0.456. The summed E-state index contributed by atoms with van der Waals surface area (Å²) in [5.41, 5.74) is 0. The molecule has 1 unspecified atom stereocenters. The number of likely N-dealkylation sites (N-methyl/N-ethyl adjacent to an activating group) is 1. The van der Waals surface area contributed by atoms with Gasteiger partial charge in [0.05, 0.1) is 19.3 Å². The second-order valence-corrected chi connectivity index (χ2v) is 4.51. The fraction of sp³-hybridized carbons (Fsp3) is 0.818. The third-order valence-electron chi connectivity index (χ3n) is 3.20. The Kier molecular flexibility index (Phi) is 4.09. The number of hydrogen-bond donors (Lipinski definition) is 1. The Morgan fingerprint density at radius 1 is 1.47 bits per heavy atom. The van der Waals surface area contributed by atoms with Crippen LogP contribution in [0.3, 0.4) is 0 Å². The first kappa shape index (κ1) is 12.5. The largest absolute Gasteiger partial charge is 0.374 e. The van der Waals surface area contributed by atoms with E-state index in [-0.39, 0.29) is 6.10 Å². The van der Waals surface area contributed by atoms with Crippen LogP contribution in [0.15, 0.2) is 0 Å². The van der Waals surface area contributed by atoms with Gasteiger partial charge < -0.3 is 14.6 Å². The van der Waals surface area contributed by atoms with Gasteiger partial charge in [-0.1, -0.05) is 0 Å². The molecule has 6 nitrogen and oxygen atoms in total. The Labute approximate surface area is 102 Å². The highest BCUT2D eigenvalue weighted by molar-refractivity contribution is 4.93. The molecule has 1 aromatic heterocycles. The summed E-state index contributed by atoms with van der Waals surface area (Å²) in [6, 6.07) is 0. The van der Waals surface area contributed by atoms with E-state index in [1.165, 1.54) is 0 Å². The number of nitrogens with zero attached hydrogens (tertiary/aromatic N) is 4. The Morgan fingerprint density at radius 3 is 2.94 bits per heavy atom. The number of ether oxygens (including phenoxy) is 1. The minimum atomic E-state index is 0.281. The topological polar surface area (TPSA) is 55.2 Å².